The molecule has 3 heteroatoms. The number of nitrogens with one attached hydrogen (secondary N) is 1. The first-order valence-corrected chi connectivity index (χ1v) is 4.70. The van der Waals surface area contributed by atoms with Crippen molar-refractivity contribution >= 4 is 6.29 Å². The number of hydrogen-bond acceptors (Lipinski definition) is 3. The van der Waals surface area contributed by atoms with E-state index < -0.39 is 0 Å². The molecule has 74 valence electrons. The number of hydrogen-bond donors (Lipinski definition) is 1. The Morgan fingerprint density at radius 2 is 2.43 bits per heavy atom. The van der Waals surface area contributed by atoms with Gasteiger partial charge in [0.15, 0.2) is 0 Å². The first-order chi connectivity index (χ1) is 6.85. The lowest BCUT2D eigenvalue weighted by Gasteiger charge is -2.23. The molecule has 0 radical (unpaired) electrons. The Morgan fingerprint density at radius 1 is 1.57 bits per heavy atom. The SMILES string of the molecule is COc1ccc2c(c1)C(C=O)NCC2. The number of aldehydes is 1. The molecular weight excluding hydrogens is 178 g/mol. The van der Waals surface area contributed by atoms with Crippen LogP contribution in [-0.2, 0) is 11.2 Å². The van der Waals surface area contributed by atoms with Gasteiger partial charge in [-0.15, -0.1) is 0 Å². The monoisotopic (exact) mass is 191 g/mol. The fourth-order valence-corrected chi connectivity index (χ4v) is 1.81. The molecule has 0 spiro atoms. The van der Waals surface area contributed by atoms with E-state index in [-0.39, 0.29) is 6.04 Å². The van der Waals surface area contributed by atoms with Gasteiger partial charge in [-0.05, 0) is 29.7 Å². The Hall–Kier alpha value is -1.35. The summed E-state index contributed by atoms with van der Waals surface area (Å²) in [4.78, 5) is 10.8. The van der Waals surface area contributed by atoms with Crippen molar-refractivity contribution in [3.8, 4) is 5.75 Å². The maximum atomic E-state index is 10.8. The van der Waals surface area contributed by atoms with Gasteiger partial charge in [0.05, 0.1) is 13.2 Å². The largest absolute Gasteiger partial charge is 0.497 e. The summed E-state index contributed by atoms with van der Waals surface area (Å²) in [6.45, 7) is 0.864. The molecule has 1 aromatic carbocycles. The molecule has 14 heavy (non-hydrogen) atoms. The van der Waals surface area contributed by atoms with Crippen LogP contribution < -0.4 is 10.1 Å². The minimum absolute atomic E-state index is 0.172. The van der Waals surface area contributed by atoms with Gasteiger partial charge in [-0.25, -0.2) is 0 Å². The zero-order valence-corrected chi connectivity index (χ0v) is 8.12. The van der Waals surface area contributed by atoms with Crippen LogP contribution in [0.2, 0.25) is 0 Å². The first kappa shape index (κ1) is 9.21. The summed E-state index contributed by atoms with van der Waals surface area (Å²) in [6, 6.07) is 5.73. The smallest absolute Gasteiger partial charge is 0.141 e. The Morgan fingerprint density at radius 3 is 3.14 bits per heavy atom. The molecular formula is C11H13NO2. The highest BCUT2D eigenvalue weighted by Crippen LogP contribution is 2.25. The molecule has 1 aromatic rings. The van der Waals surface area contributed by atoms with Crippen molar-refractivity contribution in [1.82, 2.24) is 5.32 Å². The van der Waals surface area contributed by atoms with Crippen molar-refractivity contribution in [2.75, 3.05) is 13.7 Å². The van der Waals surface area contributed by atoms with E-state index >= 15 is 0 Å². The number of fused-ring (bicyclic) bond motifs is 1. The Balaban J connectivity index is 2.43. The Kier molecular flexibility index (Phi) is 2.50. The maximum absolute atomic E-state index is 10.8. The number of carbonyl (C=O) groups is 1. The maximum Gasteiger partial charge on any atom is 0.141 e. The quantitative estimate of drug-likeness (QED) is 0.711. The highest BCUT2D eigenvalue weighted by Gasteiger charge is 2.19. The minimum Gasteiger partial charge on any atom is -0.497 e. The molecule has 1 atom stereocenters. The molecule has 1 heterocycles. The van der Waals surface area contributed by atoms with E-state index in [0.717, 1.165) is 30.6 Å². The van der Waals surface area contributed by atoms with Crippen LogP contribution in [0.15, 0.2) is 18.2 Å². The van der Waals surface area contributed by atoms with Crippen LogP contribution in [0.1, 0.15) is 17.2 Å². The fourth-order valence-electron chi connectivity index (χ4n) is 1.81. The molecule has 0 fully saturated rings. The van der Waals surface area contributed by atoms with Gasteiger partial charge in [0.25, 0.3) is 0 Å². The zero-order valence-electron chi connectivity index (χ0n) is 8.12. The number of carbonyl (C=O) groups excluding carboxylic acids is 1. The fraction of sp³-hybridized carbons (Fsp3) is 0.364. The van der Waals surface area contributed by atoms with Crippen molar-refractivity contribution in [3.05, 3.63) is 29.3 Å². The van der Waals surface area contributed by atoms with E-state index in [0.29, 0.717) is 0 Å². The van der Waals surface area contributed by atoms with Crippen LogP contribution in [-0.4, -0.2) is 19.9 Å². The van der Waals surface area contributed by atoms with Gasteiger partial charge in [0.1, 0.15) is 12.0 Å². The molecule has 1 aliphatic heterocycles. The van der Waals surface area contributed by atoms with Crippen molar-refractivity contribution in [2.45, 2.75) is 12.5 Å². The van der Waals surface area contributed by atoms with Gasteiger partial charge in [-0.2, -0.15) is 0 Å². The summed E-state index contributed by atoms with van der Waals surface area (Å²) in [5.74, 6) is 0.805. The second-order valence-corrected chi connectivity index (χ2v) is 3.38. The minimum atomic E-state index is -0.172. The number of ether oxygens (including phenoxy) is 1. The Bertz CT molecular complexity index is 349. The topological polar surface area (TPSA) is 38.3 Å². The summed E-state index contributed by atoms with van der Waals surface area (Å²) in [5.41, 5.74) is 2.28. The van der Waals surface area contributed by atoms with Gasteiger partial charge in [0, 0.05) is 6.54 Å². The van der Waals surface area contributed by atoms with Crippen LogP contribution in [0.4, 0.5) is 0 Å². The van der Waals surface area contributed by atoms with E-state index in [2.05, 4.69) is 5.32 Å². The predicted octanol–water partition coefficient (Wildman–Crippen LogP) is 1.08. The highest BCUT2D eigenvalue weighted by molar-refractivity contribution is 5.64. The molecule has 0 aliphatic carbocycles. The Labute approximate surface area is 83.1 Å². The van der Waals surface area contributed by atoms with Crippen molar-refractivity contribution < 1.29 is 9.53 Å². The standard InChI is InChI=1S/C11H13NO2/c1-14-9-3-2-8-4-5-12-11(7-13)10(8)6-9/h2-3,6-7,11-12H,4-5H2,1H3. The summed E-state index contributed by atoms with van der Waals surface area (Å²) >= 11 is 0. The summed E-state index contributed by atoms with van der Waals surface area (Å²) in [6.07, 6.45) is 1.92. The molecule has 0 bridgehead atoms. The summed E-state index contributed by atoms with van der Waals surface area (Å²) in [5, 5.41) is 3.15. The van der Waals surface area contributed by atoms with Crippen LogP contribution in [0.25, 0.3) is 0 Å². The predicted molar refractivity (Wildman–Crippen MR) is 53.5 cm³/mol. The van der Waals surface area contributed by atoms with Crippen LogP contribution >= 0.6 is 0 Å². The van der Waals surface area contributed by atoms with E-state index in [9.17, 15) is 4.79 Å². The lowest BCUT2D eigenvalue weighted by molar-refractivity contribution is -0.109. The third-order valence-corrected chi connectivity index (χ3v) is 2.58. The molecule has 0 aromatic heterocycles. The lowest BCUT2D eigenvalue weighted by atomic mass is 9.95. The molecule has 0 saturated heterocycles. The van der Waals surface area contributed by atoms with Crippen molar-refractivity contribution in [2.24, 2.45) is 0 Å². The molecule has 1 aliphatic rings. The van der Waals surface area contributed by atoms with Gasteiger partial charge < -0.3 is 14.8 Å². The lowest BCUT2D eigenvalue weighted by Crippen LogP contribution is -2.30. The van der Waals surface area contributed by atoms with E-state index in [1.54, 1.807) is 7.11 Å². The third-order valence-electron chi connectivity index (χ3n) is 2.58. The van der Waals surface area contributed by atoms with Crippen molar-refractivity contribution in [3.63, 3.8) is 0 Å². The number of rotatable bonds is 2. The van der Waals surface area contributed by atoms with Crippen LogP contribution in [0.5, 0.6) is 5.75 Å². The third kappa shape index (κ3) is 1.51. The zero-order chi connectivity index (χ0) is 9.97. The van der Waals surface area contributed by atoms with Gasteiger partial charge >= 0.3 is 0 Å². The number of methoxy groups -OCH3 is 1. The second kappa shape index (κ2) is 3.80. The van der Waals surface area contributed by atoms with Crippen LogP contribution in [0.3, 0.4) is 0 Å². The average molecular weight is 191 g/mol. The van der Waals surface area contributed by atoms with Gasteiger partial charge in [-0.1, -0.05) is 6.07 Å². The molecule has 0 saturated carbocycles. The molecule has 0 amide bonds. The van der Waals surface area contributed by atoms with E-state index in [1.165, 1.54) is 5.56 Å². The second-order valence-electron chi connectivity index (χ2n) is 3.38. The van der Waals surface area contributed by atoms with E-state index in [1.807, 2.05) is 18.2 Å². The van der Waals surface area contributed by atoms with E-state index in [4.69, 9.17) is 4.74 Å². The van der Waals surface area contributed by atoms with Gasteiger partial charge in [-0.3, -0.25) is 0 Å². The highest BCUT2D eigenvalue weighted by atomic mass is 16.5. The molecule has 1 N–H and O–H groups in total. The molecule has 3 nitrogen and oxygen atoms in total. The summed E-state index contributed by atoms with van der Waals surface area (Å²) < 4.78 is 5.13. The normalized spacial score (nSPS) is 19.9. The summed E-state index contributed by atoms with van der Waals surface area (Å²) in [7, 11) is 1.63. The molecule has 1 unspecified atom stereocenters. The number of benzene rings is 1. The van der Waals surface area contributed by atoms with Gasteiger partial charge in [0.2, 0.25) is 0 Å². The first-order valence-electron chi connectivity index (χ1n) is 4.70. The van der Waals surface area contributed by atoms with Crippen molar-refractivity contribution in [1.29, 1.82) is 0 Å². The average Bonchev–Trinajstić information content (AvgIpc) is 2.27. The van der Waals surface area contributed by atoms with Crippen LogP contribution in [0, 0.1) is 0 Å². The molecule has 2 rings (SSSR count).